The molecule has 0 N–H and O–H groups in total. The van der Waals surface area contributed by atoms with Crippen LogP contribution in [0.3, 0.4) is 0 Å². The van der Waals surface area contributed by atoms with Crippen molar-refractivity contribution in [3.05, 3.63) is 131 Å². The molecule has 0 aliphatic heterocycles. The third-order valence-corrected chi connectivity index (χ3v) is 10.3. The summed E-state index contributed by atoms with van der Waals surface area (Å²) in [4.78, 5) is 4.82. The van der Waals surface area contributed by atoms with Gasteiger partial charge in [0, 0.05) is 40.9 Å². The topological polar surface area (TPSA) is 44.9 Å². The van der Waals surface area contributed by atoms with Crippen LogP contribution in [0.4, 0.5) is 0 Å². The van der Waals surface area contributed by atoms with E-state index in [2.05, 4.69) is 138 Å². The first-order valence-corrected chi connectivity index (χ1v) is 19.1. The molecular formula is C47H52N4O. The van der Waals surface area contributed by atoms with Gasteiger partial charge in [-0.2, -0.15) is 5.10 Å². The number of benzene rings is 4. The van der Waals surface area contributed by atoms with Crippen molar-refractivity contribution in [3.8, 4) is 34.1 Å². The zero-order chi connectivity index (χ0) is 36.4. The van der Waals surface area contributed by atoms with Crippen molar-refractivity contribution < 1.29 is 4.74 Å². The molecule has 0 amide bonds. The minimum atomic E-state index is 0.649. The van der Waals surface area contributed by atoms with Crippen LogP contribution in [-0.4, -0.2) is 19.3 Å². The van der Waals surface area contributed by atoms with Crippen LogP contribution in [0, 0.1) is 25.7 Å². The summed E-state index contributed by atoms with van der Waals surface area (Å²) in [6.07, 6.45) is 12.8. The molecule has 266 valence electrons. The first-order valence-electron chi connectivity index (χ1n) is 19.1. The molecule has 3 aromatic heterocycles. The lowest BCUT2D eigenvalue weighted by atomic mass is 9.84. The van der Waals surface area contributed by atoms with Crippen LogP contribution in [0.1, 0.15) is 81.7 Å². The quantitative estimate of drug-likeness (QED) is 0.121. The fraction of sp³-hybridized carbons (Fsp3) is 0.319. The van der Waals surface area contributed by atoms with Crippen LogP contribution in [-0.2, 0) is 19.3 Å². The number of rotatable bonds is 13. The number of pyridine rings is 1. The monoisotopic (exact) mass is 688 g/mol. The molecule has 5 heteroatoms. The van der Waals surface area contributed by atoms with Gasteiger partial charge in [0.2, 0.25) is 0 Å². The van der Waals surface area contributed by atoms with E-state index in [0.717, 1.165) is 59.7 Å². The molecule has 0 saturated carbocycles. The van der Waals surface area contributed by atoms with E-state index in [-0.39, 0.29) is 0 Å². The fourth-order valence-electron chi connectivity index (χ4n) is 7.64. The molecule has 0 spiro atoms. The molecule has 5 nitrogen and oxygen atoms in total. The van der Waals surface area contributed by atoms with Crippen molar-refractivity contribution in [1.29, 1.82) is 0 Å². The van der Waals surface area contributed by atoms with Crippen molar-refractivity contribution in [2.75, 3.05) is 0 Å². The summed E-state index contributed by atoms with van der Waals surface area (Å²) in [5.74, 6) is 3.77. The molecule has 0 bridgehead atoms. The Balaban J connectivity index is 1.23. The Hall–Kier alpha value is -5.16. The Morgan fingerprint density at radius 3 is 2.13 bits per heavy atom. The Morgan fingerprint density at radius 2 is 1.40 bits per heavy atom. The van der Waals surface area contributed by atoms with Crippen molar-refractivity contribution in [2.24, 2.45) is 11.8 Å². The zero-order valence-corrected chi connectivity index (χ0v) is 31.9. The van der Waals surface area contributed by atoms with E-state index in [9.17, 15) is 0 Å². The Kier molecular flexibility index (Phi) is 10.3. The first kappa shape index (κ1) is 35.3. The number of fused-ring (bicyclic) bond motifs is 3. The van der Waals surface area contributed by atoms with E-state index in [0.29, 0.717) is 11.8 Å². The number of para-hydroxylation sites is 1. The molecule has 0 unspecified atom stereocenters. The molecule has 0 radical (unpaired) electrons. The summed E-state index contributed by atoms with van der Waals surface area (Å²) in [5, 5.41) is 7.30. The maximum Gasteiger partial charge on any atom is 0.137 e. The van der Waals surface area contributed by atoms with Crippen molar-refractivity contribution in [1.82, 2.24) is 19.3 Å². The van der Waals surface area contributed by atoms with Gasteiger partial charge >= 0.3 is 0 Å². The van der Waals surface area contributed by atoms with Gasteiger partial charge in [-0.3, -0.25) is 4.57 Å². The van der Waals surface area contributed by atoms with E-state index >= 15 is 0 Å². The highest BCUT2D eigenvalue weighted by atomic mass is 16.5. The molecule has 0 aliphatic rings. The number of hydrogen-bond acceptors (Lipinski definition) is 3. The normalized spacial score (nSPS) is 11.8. The van der Waals surface area contributed by atoms with Gasteiger partial charge in [-0.05, 0) is 134 Å². The Bertz CT molecular complexity index is 2300. The molecule has 52 heavy (non-hydrogen) atoms. The summed E-state index contributed by atoms with van der Waals surface area (Å²) in [5.41, 5.74) is 12.7. The highest BCUT2D eigenvalue weighted by molar-refractivity contribution is 6.09. The van der Waals surface area contributed by atoms with E-state index in [1.807, 2.05) is 23.0 Å². The molecular weight excluding hydrogens is 637 g/mol. The van der Waals surface area contributed by atoms with Gasteiger partial charge in [0.1, 0.15) is 17.3 Å². The number of nitrogens with zero attached hydrogens (tertiary/aromatic N) is 4. The van der Waals surface area contributed by atoms with Crippen LogP contribution in [0.2, 0.25) is 0 Å². The first-order chi connectivity index (χ1) is 25.2. The number of aromatic nitrogens is 4. The molecule has 3 heterocycles. The number of hydrogen-bond donors (Lipinski definition) is 0. The van der Waals surface area contributed by atoms with Gasteiger partial charge in [-0.25, -0.2) is 9.67 Å². The smallest absolute Gasteiger partial charge is 0.137 e. The molecule has 0 atom stereocenters. The zero-order valence-electron chi connectivity index (χ0n) is 31.9. The summed E-state index contributed by atoms with van der Waals surface area (Å²) in [7, 11) is 0. The minimum absolute atomic E-state index is 0.649. The third-order valence-electron chi connectivity index (χ3n) is 10.3. The number of ether oxygens (including phenoxy) is 1. The summed E-state index contributed by atoms with van der Waals surface area (Å²) in [6, 6.07) is 29.9. The van der Waals surface area contributed by atoms with Crippen molar-refractivity contribution >= 4 is 21.8 Å². The fourth-order valence-corrected chi connectivity index (χ4v) is 7.64. The second-order valence-electron chi connectivity index (χ2n) is 15.3. The predicted molar refractivity (Wildman–Crippen MR) is 217 cm³/mol. The molecule has 0 aliphatic carbocycles. The van der Waals surface area contributed by atoms with Crippen LogP contribution in [0.5, 0.6) is 11.5 Å². The minimum Gasteiger partial charge on any atom is -0.457 e. The van der Waals surface area contributed by atoms with Crippen molar-refractivity contribution in [3.63, 3.8) is 0 Å². The van der Waals surface area contributed by atoms with E-state index < -0.39 is 0 Å². The molecule has 7 aromatic rings. The van der Waals surface area contributed by atoms with Gasteiger partial charge in [0.05, 0.1) is 22.9 Å². The van der Waals surface area contributed by atoms with Gasteiger partial charge in [0.25, 0.3) is 0 Å². The highest BCUT2D eigenvalue weighted by Crippen LogP contribution is 2.37. The lowest BCUT2D eigenvalue weighted by Gasteiger charge is -2.21. The SMILES string of the molecule is CCCc1ccnc(-n2c3ccccc3c3ccc(Oc4cccc(-n5cc(-c6c(CCC(C)C)c(C)cc(C)c6CCC(C)C)cn5)c4)cc32)c1. The van der Waals surface area contributed by atoms with Crippen LogP contribution < -0.4 is 4.74 Å². The van der Waals surface area contributed by atoms with Crippen molar-refractivity contribution in [2.45, 2.75) is 87.0 Å². The summed E-state index contributed by atoms with van der Waals surface area (Å²) < 4.78 is 10.8. The van der Waals surface area contributed by atoms with Gasteiger partial charge < -0.3 is 4.74 Å². The van der Waals surface area contributed by atoms with Gasteiger partial charge in [-0.15, -0.1) is 0 Å². The molecule has 4 aromatic carbocycles. The van der Waals surface area contributed by atoms with Crippen LogP contribution in [0.15, 0.2) is 104 Å². The lowest BCUT2D eigenvalue weighted by molar-refractivity contribution is 0.483. The summed E-state index contributed by atoms with van der Waals surface area (Å²) >= 11 is 0. The molecule has 7 rings (SSSR count). The Labute approximate surface area is 309 Å². The van der Waals surface area contributed by atoms with E-state index in [1.165, 1.54) is 62.6 Å². The van der Waals surface area contributed by atoms with E-state index in [4.69, 9.17) is 14.8 Å². The maximum absolute atomic E-state index is 6.59. The third kappa shape index (κ3) is 7.27. The lowest BCUT2D eigenvalue weighted by Crippen LogP contribution is -2.05. The highest BCUT2D eigenvalue weighted by Gasteiger charge is 2.19. The molecule has 0 fully saturated rings. The average molecular weight is 689 g/mol. The second-order valence-corrected chi connectivity index (χ2v) is 15.3. The Morgan fingerprint density at radius 1 is 0.692 bits per heavy atom. The largest absolute Gasteiger partial charge is 0.457 e. The standard InChI is InChI=1S/C47H52N4O/c1-8-12-35-23-24-48-46(26-35)51-44-16-10-9-15-42(44)43-22-19-39(28-45(43)51)52-38-14-11-13-37(27-38)50-30-36(29-49-50)47-40(20-17-31(2)3)33(6)25-34(7)41(47)21-18-32(4)5/h9-11,13-16,19,22-32H,8,12,17-18,20-21H2,1-7H3. The van der Waals surface area contributed by atoms with E-state index in [1.54, 1.807) is 0 Å². The maximum atomic E-state index is 6.59. The van der Waals surface area contributed by atoms with Crippen LogP contribution in [0.25, 0.3) is 44.4 Å². The molecule has 0 saturated heterocycles. The van der Waals surface area contributed by atoms with Gasteiger partial charge in [0.15, 0.2) is 0 Å². The number of aryl methyl sites for hydroxylation is 3. The second kappa shape index (κ2) is 15.2. The van der Waals surface area contributed by atoms with Crippen LogP contribution >= 0.6 is 0 Å². The predicted octanol–water partition coefficient (Wildman–Crippen LogP) is 12.6. The average Bonchev–Trinajstić information content (AvgIpc) is 3.74. The van der Waals surface area contributed by atoms with Gasteiger partial charge in [-0.1, -0.05) is 71.4 Å². The summed E-state index contributed by atoms with van der Waals surface area (Å²) in [6.45, 7) is 16.0.